The molecule has 4 aliphatic rings. The van der Waals surface area contributed by atoms with Crippen molar-refractivity contribution in [1.29, 1.82) is 0 Å². The number of hydrogen-bond donors (Lipinski definition) is 0. The minimum absolute atomic E-state index is 0.0425. The molecule has 0 heterocycles. The normalized spacial score (nSPS) is 40.1. The fourth-order valence-electron chi connectivity index (χ4n) is 9.18. The van der Waals surface area contributed by atoms with Gasteiger partial charge in [0.2, 0.25) is 0 Å². The average molecular weight is 471 g/mol. The summed E-state index contributed by atoms with van der Waals surface area (Å²) in [5.41, 5.74) is 2.34. The third-order valence-electron chi connectivity index (χ3n) is 11.0. The number of esters is 1. The summed E-state index contributed by atoms with van der Waals surface area (Å²) in [6.45, 7) is 13.9. The van der Waals surface area contributed by atoms with Crippen LogP contribution in [0.4, 0.5) is 0 Å². The third kappa shape index (κ3) is 4.92. The van der Waals surface area contributed by atoms with Gasteiger partial charge >= 0.3 is 5.97 Å². The highest BCUT2D eigenvalue weighted by atomic mass is 16.5. The van der Waals surface area contributed by atoms with Gasteiger partial charge in [0.25, 0.3) is 0 Å². The van der Waals surface area contributed by atoms with Crippen LogP contribution in [0.5, 0.6) is 0 Å². The van der Waals surface area contributed by atoms with Gasteiger partial charge in [-0.15, -0.1) is 0 Å². The number of allylic oxidation sites excluding steroid dienone is 1. The Kier molecular flexibility index (Phi) is 7.71. The summed E-state index contributed by atoms with van der Waals surface area (Å²) in [4.78, 5) is 23.4. The number of carbonyl (C=O) groups is 2. The van der Waals surface area contributed by atoms with E-state index < -0.39 is 0 Å². The van der Waals surface area contributed by atoms with Crippen LogP contribution >= 0.6 is 0 Å². The van der Waals surface area contributed by atoms with Crippen LogP contribution in [0.1, 0.15) is 119 Å². The predicted molar refractivity (Wildman–Crippen MR) is 138 cm³/mol. The molecule has 0 aliphatic heterocycles. The first-order chi connectivity index (χ1) is 16.0. The molecule has 3 heteroatoms. The van der Waals surface area contributed by atoms with Crippen molar-refractivity contribution in [2.24, 2.45) is 46.3 Å². The first-order valence-electron chi connectivity index (χ1n) is 14.4. The molecule has 3 fully saturated rings. The monoisotopic (exact) mass is 470 g/mol. The molecule has 1 unspecified atom stereocenters. The molecule has 4 rings (SSSR count). The van der Waals surface area contributed by atoms with Gasteiger partial charge in [-0.1, -0.05) is 65.5 Å². The van der Waals surface area contributed by atoms with Gasteiger partial charge < -0.3 is 4.74 Å². The van der Waals surface area contributed by atoms with Crippen LogP contribution in [0.25, 0.3) is 0 Å². The van der Waals surface area contributed by atoms with E-state index in [1.54, 1.807) is 5.57 Å². The molecule has 0 radical (unpaired) electrons. The van der Waals surface area contributed by atoms with E-state index in [0.717, 1.165) is 54.8 Å². The van der Waals surface area contributed by atoms with Crippen LogP contribution in [-0.2, 0) is 14.3 Å². The van der Waals surface area contributed by atoms with Crippen LogP contribution in [-0.4, -0.2) is 17.9 Å². The second-order valence-corrected chi connectivity index (χ2v) is 13.5. The van der Waals surface area contributed by atoms with E-state index in [2.05, 4.69) is 40.7 Å². The molecule has 0 aromatic heterocycles. The fraction of sp³-hybridized carbons (Fsp3) is 0.871. The zero-order valence-electron chi connectivity index (χ0n) is 22.8. The highest BCUT2D eigenvalue weighted by molar-refractivity contribution is 5.94. The van der Waals surface area contributed by atoms with E-state index in [-0.39, 0.29) is 29.7 Å². The van der Waals surface area contributed by atoms with Crippen LogP contribution in [0.2, 0.25) is 0 Å². The summed E-state index contributed by atoms with van der Waals surface area (Å²) in [5, 5.41) is 0. The van der Waals surface area contributed by atoms with Crippen molar-refractivity contribution >= 4 is 11.8 Å². The summed E-state index contributed by atoms with van der Waals surface area (Å²) >= 11 is 0. The number of carbonyl (C=O) groups excluding carboxylic acids is 2. The Bertz CT molecular complexity index is 796. The van der Waals surface area contributed by atoms with Crippen molar-refractivity contribution in [3.8, 4) is 0 Å². The zero-order chi connectivity index (χ0) is 24.7. The van der Waals surface area contributed by atoms with E-state index in [9.17, 15) is 9.59 Å². The average Bonchev–Trinajstić information content (AvgIpc) is 3.10. The highest BCUT2D eigenvalue weighted by Crippen LogP contribution is 2.67. The molecular formula is C31H50O3. The fourth-order valence-corrected chi connectivity index (χ4v) is 9.18. The molecule has 3 nitrogen and oxygen atoms in total. The number of ether oxygens (including phenoxy) is 1. The van der Waals surface area contributed by atoms with Crippen LogP contribution in [0, 0.1) is 46.3 Å². The summed E-state index contributed by atoms with van der Waals surface area (Å²) in [5.74, 6) is 4.63. The summed E-state index contributed by atoms with van der Waals surface area (Å²) < 4.78 is 5.70. The lowest BCUT2D eigenvalue weighted by molar-refractivity contribution is -0.153. The van der Waals surface area contributed by atoms with Gasteiger partial charge in [0.15, 0.2) is 0 Å². The second kappa shape index (κ2) is 10.1. The predicted octanol–water partition coefficient (Wildman–Crippen LogP) is 7.92. The first kappa shape index (κ1) is 26.0. The van der Waals surface area contributed by atoms with E-state index in [4.69, 9.17) is 4.74 Å². The summed E-state index contributed by atoms with van der Waals surface area (Å²) in [6.07, 6.45) is 16.4. The van der Waals surface area contributed by atoms with Gasteiger partial charge in [0.1, 0.15) is 18.3 Å². The Hall–Kier alpha value is -1.12. The smallest absolute Gasteiger partial charge is 0.313 e. The lowest BCUT2D eigenvalue weighted by Gasteiger charge is -2.58. The largest absolute Gasteiger partial charge is 0.462 e. The van der Waals surface area contributed by atoms with Gasteiger partial charge in [0.05, 0.1) is 0 Å². The molecule has 192 valence electrons. The molecular weight excluding hydrogens is 420 g/mol. The molecule has 0 amide bonds. The number of hydrogen-bond acceptors (Lipinski definition) is 3. The Morgan fingerprint density at radius 3 is 2.50 bits per heavy atom. The molecule has 0 bridgehead atoms. The second-order valence-electron chi connectivity index (χ2n) is 13.5. The van der Waals surface area contributed by atoms with Crippen LogP contribution < -0.4 is 0 Å². The first-order valence-corrected chi connectivity index (χ1v) is 14.4. The maximum absolute atomic E-state index is 12.1. The van der Waals surface area contributed by atoms with Crippen LogP contribution in [0.15, 0.2) is 11.6 Å². The molecule has 0 N–H and O–H groups in total. The van der Waals surface area contributed by atoms with Crippen molar-refractivity contribution in [3.05, 3.63) is 11.6 Å². The van der Waals surface area contributed by atoms with Crippen molar-refractivity contribution in [3.63, 3.8) is 0 Å². The van der Waals surface area contributed by atoms with Gasteiger partial charge in [-0.05, 0) is 98.2 Å². The molecule has 3 saturated carbocycles. The zero-order valence-corrected chi connectivity index (χ0v) is 22.8. The van der Waals surface area contributed by atoms with Gasteiger partial charge in [0, 0.05) is 6.42 Å². The third-order valence-corrected chi connectivity index (χ3v) is 11.0. The van der Waals surface area contributed by atoms with Crippen LogP contribution in [0.3, 0.4) is 0 Å². The minimum atomic E-state index is -0.344. The Labute approximate surface area is 208 Å². The minimum Gasteiger partial charge on any atom is -0.462 e. The number of ketones is 1. The molecule has 4 aliphatic carbocycles. The maximum atomic E-state index is 12.1. The molecule has 8 atom stereocenters. The van der Waals surface area contributed by atoms with Crippen molar-refractivity contribution in [2.45, 2.75) is 125 Å². The maximum Gasteiger partial charge on any atom is 0.313 e. The van der Waals surface area contributed by atoms with E-state index >= 15 is 0 Å². The SMILES string of the molecule is CC(=O)CC(=O)O[C@H]1CC[C@@]2(C)C(=CC[C@H]3[C@@H]4CC[C@H](C(C)CCCC(C)C)[C@@]4(C)CC[C@@H]32)C1. The quantitative estimate of drug-likeness (QED) is 0.205. The Morgan fingerprint density at radius 2 is 1.79 bits per heavy atom. The van der Waals surface area contributed by atoms with Crippen molar-refractivity contribution in [1.82, 2.24) is 0 Å². The molecule has 0 aromatic carbocycles. The lowest BCUT2D eigenvalue weighted by atomic mass is 9.47. The van der Waals surface area contributed by atoms with Crippen molar-refractivity contribution in [2.75, 3.05) is 0 Å². The highest BCUT2D eigenvalue weighted by Gasteiger charge is 2.59. The standard InChI is InChI=1S/C31H50O3/c1-20(2)8-7-9-21(3)26-12-13-27-25-11-10-23-19-24(34-29(33)18-22(4)32)14-16-30(23,5)28(25)15-17-31(26,27)6/h10,20-21,24-28H,7-9,11-19H2,1-6H3/t21?,24-,25-,26+,27-,28-,30-,31+/m0/s1. The molecule has 0 saturated heterocycles. The molecule has 0 aromatic rings. The van der Waals surface area contributed by atoms with Gasteiger partial charge in [-0.3, -0.25) is 9.59 Å². The number of Topliss-reactive ketones (excluding diaryl/α,β-unsaturated/α-hetero) is 1. The lowest BCUT2D eigenvalue weighted by Crippen LogP contribution is -2.51. The van der Waals surface area contributed by atoms with Crippen molar-refractivity contribution < 1.29 is 14.3 Å². The molecule has 0 spiro atoms. The van der Waals surface area contributed by atoms with E-state index in [0.29, 0.717) is 5.41 Å². The van der Waals surface area contributed by atoms with E-state index in [1.807, 2.05) is 0 Å². The summed E-state index contributed by atoms with van der Waals surface area (Å²) in [7, 11) is 0. The summed E-state index contributed by atoms with van der Waals surface area (Å²) in [6, 6.07) is 0. The number of rotatable bonds is 8. The number of fused-ring (bicyclic) bond motifs is 5. The van der Waals surface area contributed by atoms with Gasteiger partial charge in [-0.2, -0.15) is 0 Å². The van der Waals surface area contributed by atoms with E-state index in [1.165, 1.54) is 58.3 Å². The Morgan fingerprint density at radius 1 is 1.03 bits per heavy atom. The molecule has 34 heavy (non-hydrogen) atoms. The Balaban J connectivity index is 1.43. The topological polar surface area (TPSA) is 43.4 Å². The van der Waals surface area contributed by atoms with Gasteiger partial charge in [-0.25, -0.2) is 0 Å².